The SMILES string of the molecule is O=C1c2ccccc2C(=O)N1c1ccc(OCc2ccc(Cl)cc2)cc1. The first-order valence-corrected chi connectivity index (χ1v) is 8.46. The van der Waals surface area contributed by atoms with Crippen LogP contribution < -0.4 is 9.64 Å². The number of nitrogens with zero attached hydrogens (tertiary/aromatic N) is 1. The molecule has 0 N–H and O–H groups in total. The highest BCUT2D eigenvalue weighted by Gasteiger charge is 2.36. The summed E-state index contributed by atoms with van der Waals surface area (Å²) in [5.74, 6) is 0.0428. The Bertz CT molecular complexity index is 946. The first-order chi connectivity index (χ1) is 12.6. The minimum atomic E-state index is -0.305. The van der Waals surface area contributed by atoms with Gasteiger partial charge >= 0.3 is 0 Å². The first kappa shape index (κ1) is 16.4. The van der Waals surface area contributed by atoms with Crippen molar-refractivity contribution in [2.24, 2.45) is 0 Å². The standard InChI is InChI=1S/C21H14ClNO3/c22-15-7-5-14(6-8-15)13-26-17-11-9-16(10-12-17)23-20(24)18-3-1-2-4-19(18)21(23)25/h1-12H,13H2. The maximum atomic E-state index is 12.5. The van der Waals surface area contributed by atoms with Gasteiger partial charge in [-0.25, -0.2) is 4.90 Å². The normalized spacial score (nSPS) is 13.0. The number of ether oxygens (including phenoxy) is 1. The van der Waals surface area contributed by atoms with Gasteiger partial charge in [0.2, 0.25) is 0 Å². The number of hydrogen-bond donors (Lipinski definition) is 0. The molecule has 3 aromatic carbocycles. The second-order valence-corrected chi connectivity index (χ2v) is 6.34. The molecule has 3 aromatic rings. The fourth-order valence-corrected chi connectivity index (χ4v) is 2.99. The quantitative estimate of drug-likeness (QED) is 0.630. The Labute approximate surface area is 155 Å². The highest BCUT2D eigenvalue weighted by atomic mass is 35.5. The van der Waals surface area contributed by atoms with Crippen molar-refractivity contribution < 1.29 is 14.3 Å². The summed E-state index contributed by atoms with van der Waals surface area (Å²) in [5, 5.41) is 0.680. The van der Waals surface area contributed by atoms with Crippen LogP contribution in [0.25, 0.3) is 0 Å². The number of rotatable bonds is 4. The summed E-state index contributed by atoms with van der Waals surface area (Å²) in [5.41, 5.74) is 2.38. The zero-order valence-electron chi connectivity index (χ0n) is 13.7. The van der Waals surface area contributed by atoms with E-state index in [2.05, 4.69) is 0 Å². The number of benzene rings is 3. The van der Waals surface area contributed by atoms with Crippen LogP contribution in [0.5, 0.6) is 5.75 Å². The summed E-state index contributed by atoms with van der Waals surface area (Å²) in [4.78, 5) is 26.2. The van der Waals surface area contributed by atoms with Crippen molar-refractivity contribution in [1.29, 1.82) is 0 Å². The second kappa shape index (κ2) is 6.65. The van der Waals surface area contributed by atoms with E-state index in [0.29, 0.717) is 34.2 Å². The van der Waals surface area contributed by atoms with E-state index in [1.54, 1.807) is 48.5 Å². The fourth-order valence-electron chi connectivity index (χ4n) is 2.86. The molecule has 0 saturated heterocycles. The van der Waals surface area contributed by atoms with Gasteiger partial charge in [-0.3, -0.25) is 9.59 Å². The predicted molar refractivity (Wildman–Crippen MR) is 99.8 cm³/mol. The molecule has 0 bridgehead atoms. The molecule has 0 fully saturated rings. The molecule has 1 aliphatic rings. The molecule has 0 saturated carbocycles. The number of imide groups is 1. The van der Waals surface area contributed by atoms with Crippen LogP contribution in [0.1, 0.15) is 26.3 Å². The van der Waals surface area contributed by atoms with Gasteiger partial charge in [0.1, 0.15) is 12.4 Å². The lowest BCUT2D eigenvalue weighted by Gasteiger charge is -2.14. The van der Waals surface area contributed by atoms with Gasteiger partial charge in [-0.15, -0.1) is 0 Å². The smallest absolute Gasteiger partial charge is 0.266 e. The molecule has 26 heavy (non-hydrogen) atoms. The number of amides is 2. The van der Waals surface area contributed by atoms with E-state index >= 15 is 0 Å². The molecule has 2 amide bonds. The summed E-state index contributed by atoms with van der Waals surface area (Å²) < 4.78 is 5.73. The maximum absolute atomic E-state index is 12.5. The molecule has 0 atom stereocenters. The Kier molecular flexibility index (Phi) is 4.19. The third kappa shape index (κ3) is 2.95. The molecule has 0 unspecified atom stereocenters. The molecule has 4 rings (SSSR count). The van der Waals surface area contributed by atoms with E-state index < -0.39 is 0 Å². The highest BCUT2D eigenvalue weighted by Crippen LogP contribution is 2.29. The van der Waals surface area contributed by atoms with Crippen molar-refractivity contribution in [2.75, 3.05) is 4.90 Å². The van der Waals surface area contributed by atoms with Gasteiger partial charge in [0.25, 0.3) is 11.8 Å². The molecular formula is C21H14ClNO3. The van der Waals surface area contributed by atoms with Crippen molar-refractivity contribution in [3.8, 4) is 5.75 Å². The third-order valence-corrected chi connectivity index (χ3v) is 4.46. The van der Waals surface area contributed by atoms with Crippen LogP contribution in [0.3, 0.4) is 0 Å². The Morgan fingerprint density at radius 3 is 1.92 bits per heavy atom. The molecular weight excluding hydrogens is 350 g/mol. The van der Waals surface area contributed by atoms with Gasteiger partial charge in [0, 0.05) is 5.02 Å². The van der Waals surface area contributed by atoms with E-state index in [1.807, 2.05) is 24.3 Å². The second-order valence-electron chi connectivity index (χ2n) is 5.90. The Morgan fingerprint density at radius 1 is 0.769 bits per heavy atom. The Hall–Kier alpha value is -3.11. The average Bonchev–Trinajstić information content (AvgIpc) is 2.93. The number of halogens is 1. The molecule has 0 spiro atoms. The lowest BCUT2D eigenvalue weighted by molar-refractivity contribution is 0.0926. The number of hydrogen-bond acceptors (Lipinski definition) is 3. The number of anilines is 1. The topological polar surface area (TPSA) is 46.6 Å². The van der Waals surface area contributed by atoms with Crippen molar-refractivity contribution >= 4 is 29.1 Å². The van der Waals surface area contributed by atoms with Crippen molar-refractivity contribution in [3.05, 3.63) is 94.5 Å². The summed E-state index contributed by atoms with van der Waals surface area (Å²) in [7, 11) is 0. The average molecular weight is 364 g/mol. The van der Waals surface area contributed by atoms with Gasteiger partial charge < -0.3 is 4.74 Å². The monoisotopic (exact) mass is 363 g/mol. The van der Waals surface area contributed by atoms with E-state index in [-0.39, 0.29) is 11.8 Å². The third-order valence-electron chi connectivity index (χ3n) is 4.21. The van der Waals surface area contributed by atoms with Crippen LogP contribution in [0.15, 0.2) is 72.8 Å². The first-order valence-electron chi connectivity index (χ1n) is 8.08. The van der Waals surface area contributed by atoms with Crippen molar-refractivity contribution in [1.82, 2.24) is 0 Å². The Balaban J connectivity index is 1.49. The zero-order valence-corrected chi connectivity index (χ0v) is 14.4. The minimum Gasteiger partial charge on any atom is -0.489 e. The van der Waals surface area contributed by atoms with Crippen molar-refractivity contribution in [3.63, 3.8) is 0 Å². The number of carbonyl (C=O) groups excluding carboxylic acids is 2. The van der Waals surface area contributed by atoms with Crippen LogP contribution in [-0.2, 0) is 6.61 Å². The van der Waals surface area contributed by atoms with E-state index in [0.717, 1.165) is 5.56 Å². The summed E-state index contributed by atoms with van der Waals surface area (Å²) in [6, 6.07) is 21.2. The van der Waals surface area contributed by atoms with Gasteiger partial charge in [0.05, 0.1) is 16.8 Å². The van der Waals surface area contributed by atoms with E-state index in [4.69, 9.17) is 16.3 Å². The summed E-state index contributed by atoms with van der Waals surface area (Å²) in [6.07, 6.45) is 0. The molecule has 0 aromatic heterocycles. The van der Waals surface area contributed by atoms with Crippen LogP contribution in [0.4, 0.5) is 5.69 Å². The zero-order chi connectivity index (χ0) is 18.1. The summed E-state index contributed by atoms with van der Waals surface area (Å²) in [6.45, 7) is 0.406. The number of carbonyl (C=O) groups is 2. The Morgan fingerprint density at radius 2 is 1.35 bits per heavy atom. The molecule has 1 aliphatic heterocycles. The predicted octanol–water partition coefficient (Wildman–Crippen LogP) is 4.72. The molecule has 0 radical (unpaired) electrons. The highest BCUT2D eigenvalue weighted by molar-refractivity contribution is 6.34. The molecule has 1 heterocycles. The molecule has 128 valence electrons. The van der Waals surface area contributed by atoms with Gasteiger partial charge in [0.15, 0.2) is 0 Å². The van der Waals surface area contributed by atoms with Gasteiger partial charge in [-0.1, -0.05) is 35.9 Å². The van der Waals surface area contributed by atoms with Gasteiger partial charge in [-0.2, -0.15) is 0 Å². The largest absolute Gasteiger partial charge is 0.489 e. The van der Waals surface area contributed by atoms with Crippen LogP contribution in [0.2, 0.25) is 5.02 Å². The van der Waals surface area contributed by atoms with E-state index in [1.165, 1.54) is 4.90 Å². The lowest BCUT2D eigenvalue weighted by atomic mass is 10.1. The fraction of sp³-hybridized carbons (Fsp3) is 0.0476. The van der Waals surface area contributed by atoms with Crippen molar-refractivity contribution in [2.45, 2.75) is 6.61 Å². The van der Waals surface area contributed by atoms with Crippen LogP contribution in [0, 0.1) is 0 Å². The minimum absolute atomic E-state index is 0.305. The lowest BCUT2D eigenvalue weighted by Crippen LogP contribution is -2.29. The molecule has 4 nitrogen and oxygen atoms in total. The van der Waals surface area contributed by atoms with Gasteiger partial charge in [-0.05, 0) is 54.1 Å². The van der Waals surface area contributed by atoms with Crippen LogP contribution in [-0.4, -0.2) is 11.8 Å². The molecule has 0 aliphatic carbocycles. The van der Waals surface area contributed by atoms with E-state index in [9.17, 15) is 9.59 Å². The molecule has 5 heteroatoms. The van der Waals surface area contributed by atoms with Crippen LogP contribution >= 0.6 is 11.6 Å². The number of fused-ring (bicyclic) bond motifs is 1. The maximum Gasteiger partial charge on any atom is 0.266 e. The summed E-state index contributed by atoms with van der Waals surface area (Å²) >= 11 is 5.87.